The Kier molecular flexibility index (Phi) is 4.74. The number of nitrogens with zero attached hydrogens (tertiary/aromatic N) is 2. The van der Waals surface area contributed by atoms with Gasteiger partial charge in [0.2, 0.25) is 0 Å². The molecule has 3 aromatic rings. The number of aromatic nitrogens is 2. The van der Waals surface area contributed by atoms with Crippen LogP contribution in [-0.4, -0.2) is 9.97 Å². The van der Waals surface area contributed by atoms with E-state index < -0.39 is 0 Å². The van der Waals surface area contributed by atoms with E-state index in [1.807, 2.05) is 24.3 Å². The minimum Gasteiger partial charge on any atom is -0.228 e. The molecule has 0 saturated carbocycles. The van der Waals surface area contributed by atoms with Crippen LogP contribution in [-0.2, 0) is 5.41 Å². The quantitative estimate of drug-likeness (QED) is 0.536. The third-order valence-electron chi connectivity index (χ3n) is 3.57. The molecule has 0 saturated heterocycles. The van der Waals surface area contributed by atoms with Crippen LogP contribution >= 0.6 is 24.0 Å². The van der Waals surface area contributed by atoms with E-state index >= 15 is 0 Å². The summed E-state index contributed by atoms with van der Waals surface area (Å²) in [5.41, 5.74) is 3.28. The third kappa shape index (κ3) is 3.23. The van der Waals surface area contributed by atoms with Gasteiger partial charge >= 0.3 is 0 Å². The molecule has 4 heteroatoms. The number of rotatable bonds is 1. The van der Waals surface area contributed by atoms with Crippen LogP contribution < -0.4 is 0 Å². The summed E-state index contributed by atoms with van der Waals surface area (Å²) in [7, 11) is 0. The van der Waals surface area contributed by atoms with Crippen LogP contribution in [0.25, 0.3) is 22.3 Å². The van der Waals surface area contributed by atoms with E-state index in [2.05, 4.69) is 55.0 Å². The van der Waals surface area contributed by atoms with Crippen LogP contribution in [0.4, 0.5) is 0 Å². The van der Waals surface area contributed by atoms with E-state index in [0.29, 0.717) is 11.0 Å². The molecule has 0 radical (unpaired) electrons. The summed E-state index contributed by atoms with van der Waals surface area (Å²) in [6, 6.07) is 16.2. The number of para-hydroxylation sites is 1. The fourth-order valence-electron chi connectivity index (χ4n) is 2.29. The predicted molar refractivity (Wildman–Crippen MR) is 95.9 cm³/mol. The molecule has 1 aromatic heterocycles. The molecule has 0 fully saturated rings. The fourth-order valence-corrected chi connectivity index (χ4v) is 2.53. The Labute approximate surface area is 142 Å². The lowest BCUT2D eigenvalue weighted by Gasteiger charge is -2.19. The van der Waals surface area contributed by atoms with Gasteiger partial charge in [-0.15, -0.1) is 12.4 Å². The highest BCUT2D eigenvalue weighted by molar-refractivity contribution is 6.34. The van der Waals surface area contributed by atoms with Gasteiger partial charge in [0, 0.05) is 10.9 Å². The summed E-state index contributed by atoms with van der Waals surface area (Å²) in [6.45, 7) is 6.60. The van der Waals surface area contributed by atoms with Gasteiger partial charge in [-0.1, -0.05) is 68.8 Å². The number of fused-ring (bicyclic) bond motifs is 1. The van der Waals surface area contributed by atoms with E-state index in [9.17, 15) is 0 Å². The summed E-state index contributed by atoms with van der Waals surface area (Å²) in [6.07, 6.45) is 0. The van der Waals surface area contributed by atoms with Gasteiger partial charge < -0.3 is 0 Å². The molecule has 0 aliphatic carbocycles. The zero-order chi connectivity index (χ0) is 15.0. The summed E-state index contributed by atoms with van der Waals surface area (Å²) >= 11 is 6.26. The monoisotopic (exact) mass is 332 g/mol. The van der Waals surface area contributed by atoms with Crippen molar-refractivity contribution in [1.29, 1.82) is 0 Å². The van der Waals surface area contributed by atoms with Gasteiger partial charge in [0.1, 0.15) is 5.15 Å². The highest BCUT2D eigenvalue weighted by Crippen LogP contribution is 2.27. The third-order valence-corrected chi connectivity index (χ3v) is 3.85. The lowest BCUT2D eigenvalue weighted by atomic mass is 9.87. The Morgan fingerprint density at radius 1 is 0.864 bits per heavy atom. The highest BCUT2D eigenvalue weighted by Gasteiger charge is 2.14. The Morgan fingerprint density at radius 2 is 1.50 bits per heavy atom. The van der Waals surface area contributed by atoms with Crippen molar-refractivity contribution in [2.45, 2.75) is 26.2 Å². The molecule has 0 amide bonds. The Bertz CT molecular complexity index is 790. The second-order valence-electron chi connectivity index (χ2n) is 6.18. The molecule has 3 rings (SSSR count). The summed E-state index contributed by atoms with van der Waals surface area (Å²) in [5, 5.41) is 1.38. The van der Waals surface area contributed by atoms with Crippen LogP contribution in [0.5, 0.6) is 0 Å². The first kappa shape index (κ1) is 16.7. The topological polar surface area (TPSA) is 25.8 Å². The van der Waals surface area contributed by atoms with Crippen molar-refractivity contribution in [2.24, 2.45) is 0 Å². The average Bonchev–Trinajstić information content (AvgIpc) is 2.46. The van der Waals surface area contributed by atoms with Crippen molar-refractivity contribution >= 4 is 34.9 Å². The van der Waals surface area contributed by atoms with Crippen molar-refractivity contribution in [2.75, 3.05) is 0 Å². The second-order valence-corrected chi connectivity index (χ2v) is 6.54. The first-order valence-corrected chi connectivity index (χ1v) is 7.36. The zero-order valence-corrected chi connectivity index (χ0v) is 14.4. The van der Waals surface area contributed by atoms with E-state index in [1.165, 1.54) is 5.56 Å². The zero-order valence-electron chi connectivity index (χ0n) is 12.8. The molecule has 0 spiro atoms. The van der Waals surface area contributed by atoms with E-state index in [1.54, 1.807) is 0 Å². The number of halogens is 2. The molecule has 22 heavy (non-hydrogen) atoms. The minimum atomic E-state index is 0. The number of hydrogen-bond donors (Lipinski definition) is 0. The first-order chi connectivity index (χ1) is 9.95. The summed E-state index contributed by atoms with van der Waals surface area (Å²) in [4.78, 5) is 9.02. The second kappa shape index (κ2) is 6.23. The van der Waals surface area contributed by atoms with Crippen molar-refractivity contribution in [3.8, 4) is 11.4 Å². The molecule has 0 unspecified atom stereocenters. The van der Waals surface area contributed by atoms with Gasteiger partial charge in [0.05, 0.1) is 5.52 Å². The lowest BCUT2D eigenvalue weighted by Crippen LogP contribution is -2.10. The Balaban J connectivity index is 0.00000176. The molecule has 0 atom stereocenters. The smallest absolute Gasteiger partial charge is 0.161 e. The van der Waals surface area contributed by atoms with Crippen LogP contribution in [0.1, 0.15) is 26.3 Å². The summed E-state index contributed by atoms with van der Waals surface area (Å²) < 4.78 is 0. The van der Waals surface area contributed by atoms with E-state index in [0.717, 1.165) is 16.5 Å². The molecule has 0 bridgehead atoms. The Morgan fingerprint density at radius 3 is 2.14 bits per heavy atom. The average molecular weight is 333 g/mol. The van der Waals surface area contributed by atoms with Crippen molar-refractivity contribution in [1.82, 2.24) is 9.97 Å². The van der Waals surface area contributed by atoms with Crippen molar-refractivity contribution < 1.29 is 0 Å². The van der Waals surface area contributed by atoms with Gasteiger partial charge in [-0.25, -0.2) is 9.97 Å². The van der Waals surface area contributed by atoms with Gasteiger partial charge in [0.25, 0.3) is 0 Å². The first-order valence-electron chi connectivity index (χ1n) is 6.98. The molecule has 0 aliphatic heterocycles. The Hall–Kier alpha value is -1.64. The van der Waals surface area contributed by atoms with Crippen LogP contribution in [0.3, 0.4) is 0 Å². The van der Waals surface area contributed by atoms with E-state index in [-0.39, 0.29) is 17.8 Å². The molecule has 0 aliphatic rings. The number of benzene rings is 2. The standard InChI is InChI=1S/C18H17ClN2.ClH/c1-18(2,3)13-10-8-12(9-11-13)17-20-15-7-5-4-6-14(15)16(19)21-17;/h4-11H,1-3H3;1H. The predicted octanol–water partition coefficient (Wildman–Crippen LogP) is 5.67. The fraction of sp³-hybridized carbons (Fsp3) is 0.222. The van der Waals surface area contributed by atoms with Gasteiger partial charge in [-0.2, -0.15) is 0 Å². The minimum absolute atomic E-state index is 0. The maximum Gasteiger partial charge on any atom is 0.161 e. The van der Waals surface area contributed by atoms with Gasteiger partial charge in [-0.3, -0.25) is 0 Å². The largest absolute Gasteiger partial charge is 0.228 e. The maximum absolute atomic E-state index is 6.26. The molecule has 2 nitrogen and oxygen atoms in total. The highest BCUT2D eigenvalue weighted by atomic mass is 35.5. The van der Waals surface area contributed by atoms with Crippen LogP contribution in [0, 0.1) is 0 Å². The normalized spacial score (nSPS) is 11.3. The SMILES string of the molecule is CC(C)(C)c1ccc(-c2nc(Cl)c3ccccc3n2)cc1.Cl. The molecule has 1 heterocycles. The van der Waals surface area contributed by atoms with Crippen molar-refractivity contribution in [3.05, 3.63) is 59.2 Å². The maximum atomic E-state index is 6.26. The van der Waals surface area contributed by atoms with Gasteiger partial charge in [0.15, 0.2) is 5.82 Å². The van der Waals surface area contributed by atoms with E-state index in [4.69, 9.17) is 11.6 Å². The lowest BCUT2D eigenvalue weighted by molar-refractivity contribution is 0.590. The summed E-state index contributed by atoms with van der Waals surface area (Å²) in [5.74, 6) is 0.666. The van der Waals surface area contributed by atoms with Crippen LogP contribution in [0.2, 0.25) is 5.15 Å². The molecular weight excluding hydrogens is 315 g/mol. The van der Waals surface area contributed by atoms with Gasteiger partial charge in [-0.05, 0) is 23.1 Å². The molecule has 0 N–H and O–H groups in total. The van der Waals surface area contributed by atoms with Crippen LogP contribution in [0.15, 0.2) is 48.5 Å². The molecule has 114 valence electrons. The molecule has 2 aromatic carbocycles. The van der Waals surface area contributed by atoms with Crippen molar-refractivity contribution in [3.63, 3.8) is 0 Å². The molecular formula is C18H18Cl2N2. The number of hydrogen-bond acceptors (Lipinski definition) is 2.